The average molecular weight is 317 g/mol. The summed E-state index contributed by atoms with van der Waals surface area (Å²) in [6.07, 6.45) is 1.11. The molecule has 0 spiro atoms. The van der Waals surface area contributed by atoms with Gasteiger partial charge >= 0.3 is 0 Å². The van der Waals surface area contributed by atoms with Crippen LogP contribution in [0.4, 0.5) is 0 Å². The molecule has 0 unspecified atom stereocenters. The number of thioether (sulfide) groups is 1. The normalized spacial score (nSPS) is 16.0. The number of nitrogens with one attached hydrogen (secondary N) is 1. The van der Waals surface area contributed by atoms with Crippen molar-refractivity contribution in [3.8, 4) is 0 Å². The second kappa shape index (κ2) is 7.01. The first-order valence-electron chi connectivity index (χ1n) is 7.08. The number of benzene rings is 2. The molecule has 0 fully saturated rings. The number of halogens is 1. The molecule has 4 heteroatoms. The topological polar surface area (TPSA) is 24.4 Å². The van der Waals surface area contributed by atoms with Crippen LogP contribution in [0.15, 0.2) is 59.6 Å². The molecule has 2 nitrogen and oxygen atoms in total. The summed E-state index contributed by atoms with van der Waals surface area (Å²) in [6.45, 7) is 1.92. The third kappa shape index (κ3) is 3.80. The average Bonchev–Trinajstić information content (AvgIpc) is 2.55. The zero-order chi connectivity index (χ0) is 14.5. The Bertz CT molecular complexity index is 610. The van der Waals surface area contributed by atoms with E-state index in [2.05, 4.69) is 46.7 Å². The standard InChI is InChI=1S/C17H17ClN2S/c18-15-9-7-14(8-10-15)16(13-5-2-1-3-6-13)21-17-19-11-4-12-20-17/h1-3,5-10,16H,4,11-12H2,(H,19,20)/t16-/m0/s1. The lowest BCUT2D eigenvalue weighted by atomic mass is 10.0. The highest BCUT2D eigenvalue weighted by Gasteiger charge is 2.18. The third-order valence-electron chi connectivity index (χ3n) is 3.37. The van der Waals surface area contributed by atoms with Gasteiger partial charge in [0.1, 0.15) is 0 Å². The van der Waals surface area contributed by atoms with Crippen LogP contribution in [0.25, 0.3) is 0 Å². The van der Waals surface area contributed by atoms with Crippen molar-refractivity contribution in [3.05, 3.63) is 70.7 Å². The van der Waals surface area contributed by atoms with Gasteiger partial charge in [-0.1, -0.05) is 65.8 Å². The number of rotatable bonds is 3. The molecule has 0 saturated heterocycles. The summed E-state index contributed by atoms with van der Waals surface area (Å²) >= 11 is 7.78. The van der Waals surface area contributed by atoms with Gasteiger partial charge in [0, 0.05) is 18.1 Å². The van der Waals surface area contributed by atoms with E-state index in [0.717, 1.165) is 29.7 Å². The molecular formula is C17H17ClN2S. The molecule has 2 aromatic carbocycles. The Balaban J connectivity index is 1.90. The number of hydrogen-bond acceptors (Lipinski definition) is 3. The van der Waals surface area contributed by atoms with Crippen LogP contribution in [-0.2, 0) is 0 Å². The Labute approximate surface area is 134 Å². The smallest absolute Gasteiger partial charge is 0.157 e. The highest BCUT2D eigenvalue weighted by Crippen LogP contribution is 2.36. The van der Waals surface area contributed by atoms with Gasteiger partial charge in [-0.25, -0.2) is 0 Å². The van der Waals surface area contributed by atoms with Crippen LogP contribution in [0, 0.1) is 0 Å². The Morgan fingerprint density at radius 3 is 2.38 bits per heavy atom. The molecule has 1 aliphatic heterocycles. The van der Waals surface area contributed by atoms with Crippen molar-refractivity contribution in [1.29, 1.82) is 0 Å². The Kier molecular flexibility index (Phi) is 4.84. The maximum absolute atomic E-state index is 6.01. The number of nitrogens with zero attached hydrogens (tertiary/aromatic N) is 1. The first-order valence-corrected chi connectivity index (χ1v) is 8.34. The van der Waals surface area contributed by atoms with Crippen LogP contribution < -0.4 is 5.32 Å². The Morgan fingerprint density at radius 1 is 1.00 bits per heavy atom. The van der Waals surface area contributed by atoms with E-state index in [0.29, 0.717) is 0 Å². The molecule has 3 rings (SSSR count). The predicted octanol–water partition coefficient (Wildman–Crippen LogP) is 4.51. The molecule has 21 heavy (non-hydrogen) atoms. The largest absolute Gasteiger partial charge is 0.365 e. The van der Waals surface area contributed by atoms with Gasteiger partial charge in [-0.3, -0.25) is 4.99 Å². The molecule has 2 aromatic rings. The molecule has 0 aliphatic carbocycles. The van der Waals surface area contributed by atoms with Crippen molar-refractivity contribution in [2.75, 3.05) is 13.1 Å². The van der Waals surface area contributed by atoms with Gasteiger partial charge in [-0.15, -0.1) is 0 Å². The van der Waals surface area contributed by atoms with Gasteiger partial charge in [-0.05, 0) is 29.7 Å². The molecular weight excluding hydrogens is 300 g/mol. The molecule has 0 radical (unpaired) electrons. The summed E-state index contributed by atoms with van der Waals surface area (Å²) in [4.78, 5) is 4.58. The quantitative estimate of drug-likeness (QED) is 0.901. The van der Waals surface area contributed by atoms with Crippen LogP contribution in [0.1, 0.15) is 22.8 Å². The van der Waals surface area contributed by atoms with Crippen LogP contribution in [-0.4, -0.2) is 18.3 Å². The van der Waals surface area contributed by atoms with Crippen molar-refractivity contribution in [1.82, 2.24) is 5.32 Å². The maximum atomic E-state index is 6.01. The molecule has 0 aromatic heterocycles. The highest BCUT2D eigenvalue weighted by atomic mass is 35.5. The summed E-state index contributed by atoms with van der Waals surface area (Å²) in [5, 5.41) is 5.42. The van der Waals surface area contributed by atoms with E-state index in [1.165, 1.54) is 11.1 Å². The van der Waals surface area contributed by atoms with E-state index in [-0.39, 0.29) is 5.25 Å². The van der Waals surface area contributed by atoms with Crippen molar-refractivity contribution >= 4 is 28.5 Å². The lowest BCUT2D eigenvalue weighted by molar-refractivity contribution is 0.751. The molecule has 1 N–H and O–H groups in total. The van der Waals surface area contributed by atoms with E-state index in [4.69, 9.17) is 11.6 Å². The van der Waals surface area contributed by atoms with Gasteiger partial charge in [-0.2, -0.15) is 0 Å². The second-order valence-corrected chi connectivity index (χ2v) is 6.46. The summed E-state index contributed by atoms with van der Waals surface area (Å²) < 4.78 is 0. The van der Waals surface area contributed by atoms with Gasteiger partial charge in [0.25, 0.3) is 0 Å². The van der Waals surface area contributed by atoms with Crippen LogP contribution in [0.5, 0.6) is 0 Å². The minimum atomic E-state index is 0.229. The molecule has 0 bridgehead atoms. The minimum absolute atomic E-state index is 0.229. The second-order valence-electron chi connectivity index (χ2n) is 4.93. The lowest BCUT2D eigenvalue weighted by Crippen LogP contribution is -2.27. The number of amidine groups is 1. The zero-order valence-electron chi connectivity index (χ0n) is 11.6. The molecule has 1 atom stereocenters. The fraction of sp³-hybridized carbons (Fsp3) is 0.235. The minimum Gasteiger partial charge on any atom is -0.365 e. The fourth-order valence-electron chi connectivity index (χ4n) is 2.30. The monoisotopic (exact) mass is 316 g/mol. The predicted molar refractivity (Wildman–Crippen MR) is 92.2 cm³/mol. The zero-order valence-corrected chi connectivity index (χ0v) is 13.2. The van der Waals surface area contributed by atoms with Crippen molar-refractivity contribution in [2.45, 2.75) is 11.7 Å². The van der Waals surface area contributed by atoms with Gasteiger partial charge < -0.3 is 5.32 Å². The van der Waals surface area contributed by atoms with Crippen molar-refractivity contribution in [3.63, 3.8) is 0 Å². The summed E-state index contributed by atoms with van der Waals surface area (Å²) in [6, 6.07) is 18.6. The summed E-state index contributed by atoms with van der Waals surface area (Å²) in [5.74, 6) is 0. The molecule has 1 aliphatic rings. The van der Waals surface area contributed by atoms with Gasteiger partial charge in [0.05, 0.1) is 5.25 Å². The van der Waals surface area contributed by atoms with E-state index in [1.807, 2.05) is 18.2 Å². The first kappa shape index (κ1) is 14.5. The van der Waals surface area contributed by atoms with E-state index in [9.17, 15) is 0 Å². The highest BCUT2D eigenvalue weighted by molar-refractivity contribution is 8.14. The van der Waals surface area contributed by atoms with Gasteiger partial charge in [0.15, 0.2) is 5.17 Å². The van der Waals surface area contributed by atoms with E-state index >= 15 is 0 Å². The molecule has 1 heterocycles. The summed E-state index contributed by atoms with van der Waals surface area (Å²) in [5.41, 5.74) is 2.52. The fourth-order valence-corrected chi connectivity index (χ4v) is 3.58. The summed E-state index contributed by atoms with van der Waals surface area (Å²) in [7, 11) is 0. The van der Waals surface area contributed by atoms with Crippen molar-refractivity contribution in [2.24, 2.45) is 4.99 Å². The van der Waals surface area contributed by atoms with Crippen LogP contribution in [0.2, 0.25) is 5.02 Å². The van der Waals surface area contributed by atoms with E-state index < -0.39 is 0 Å². The lowest BCUT2D eigenvalue weighted by Gasteiger charge is -2.21. The third-order valence-corrected chi connectivity index (χ3v) is 4.90. The number of hydrogen-bond donors (Lipinski definition) is 1. The molecule has 108 valence electrons. The van der Waals surface area contributed by atoms with Crippen molar-refractivity contribution < 1.29 is 0 Å². The Hall–Kier alpha value is -1.45. The maximum Gasteiger partial charge on any atom is 0.157 e. The first-order chi connectivity index (χ1) is 10.3. The molecule has 0 saturated carbocycles. The Morgan fingerprint density at radius 2 is 1.71 bits per heavy atom. The number of aliphatic imine (C=N–C) groups is 1. The molecule has 0 amide bonds. The van der Waals surface area contributed by atoms with Crippen LogP contribution >= 0.6 is 23.4 Å². The van der Waals surface area contributed by atoms with Crippen LogP contribution in [0.3, 0.4) is 0 Å². The SMILES string of the molecule is Clc1ccc([C@@H](SC2=NCCCN2)c2ccccc2)cc1. The van der Waals surface area contributed by atoms with Gasteiger partial charge in [0.2, 0.25) is 0 Å². The van der Waals surface area contributed by atoms with E-state index in [1.54, 1.807) is 11.8 Å².